The second-order valence-corrected chi connectivity index (χ2v) is 4.09. The van der Waals surface area contributed by atoms with Gasteiger partial charge in [0.25, 0.3) is 0 Å². The van der Waals surface area contributed by atoms with Crippen LogP contribution in [0.1, 0.15) is 35.7 Å². The van der Waals surface area contributed by atoms with Crippen LogP contribution in [-0.4, -0.2) is 18.9 Å². The Morgan fingerprint density at radius 2 is 2.06 bits per heavy atom. The van der Waals surface area contributed by atoms with E-state index >= 15 is 0 Å². The zero-order valence-corrected chi connectivity index (χ0v) is 9.36. The fourth-order valence-electron chi connectivity index (χ4n) is 2.12. The van der Waals surface area contributed by atoms with E-state index in [1.165, 1.54) is 0 Å². The van der Waals surface area contributed by atoms with Crippen molar-refractivity contribution in [2.45, 2.75) is 19.8 Å². The predicted molar refractivity (Wildman–Crippen MR) is 62.6 cm³/mol. The molecule has 1 heterocycles. The van der Waals surface area contributed by atoms with Gasteiger partial charge in [-0.2, -0.15) is 5.26 Å². The Balaban J connectivity index is 2.46. The first-order chi connectivity index (χ1) is 7.72. The molecule has 1 aliphatic heterocycles. The van der Waals surface area contributed by atoms with Gasteiger partial charge in [-0.3, -0.25) is 4.79 Å². The normalized spacial score (nSPS) is 14.9. The molecule has 3 nitrogen and oxygen atoms in total. The summed E-state index contributed by atoms with van der Waals surface area (Å²) in [5.74, 6) is 0.0615. The van der Waals surface area contributed by atoms with Crippen molar-refractivity contribution in [1.29, 1.82) is 5.26 Å². The van der Waals surface area contributed by atoms with E-state index < -0.39 is 0 Å². The highest BCUT2D eigenvalue weighted by Gasteiger charge is 2.18. The van der Waals surface area contributed by atoms with Crippen molar-refractivity contribution in [2.75, 3.05) is 18.0 Å². The average molecular weight is 214 g/mol. The van der Waals surface area contributed by atoms with Crippen LogP contribution in [0, 0.1) is 11.3 Å². The number of hydrogen-bond acceptors (Lipinski definition) is 3. The van der Waals surface area contributed by atoms with E-state index in [9.17, 15) is 4.79 Å². The standard InChI is InChI=1S/C13H14N2O/c1-10(16)12-5-4-11(9-14)8-13(12)15-6-2-3-7-15/h4-5,8H,2-3,6-7H2,1H3. The highest BCUT2D eigenvalue weighted by Crippen LogP contribution is 2.26. The van der Waals surface area contributed by atoms with Crippen molar-refractivity contribution < 1.29 is 4.79 Å². The summed E-state index contributed by atoms with van der Waals surface area (Å²) in [6, 6.07) is 7.40. The van der Waals surface area contributed by atoms with Crippen LogP contribution in [0.25, 0.3) is 0 Å². The second-order valence-electron chi connectivity index (χ2n) is 4.09. The Bertz CT molecular complexity index is 453. The molecule has 1 saturated heterocycles. The summed E-state index contributed by atoms with van der Waals surface area (Å²) in [6.07, 6.45) is 2.32. The number of carbonyl (C=O) groups is 1. The van der Waals surface area contributed by atoms with Crippen LogP contribution in [-0.2, 0) is 0 Å². The molecule has 16 heavy (non-hydrogen) atoms. The summed E-state index contributed by atoms with van der Waals surface area (Å²) < 4.78 is 0. The number of nitriles is 1. The van der Waals surface area contributed by atoms with E-state index in [4.69, 9.17) is 5.26 Å². The van der Waals surface area contributed by atoms with Gasteiger partial charge in [0, 0.05) is 24.3 Å². The fraction of sp³-hybridized carbons (Fsp3) is 0.385. The summed E-state index contributed by atoms with van der Waals surface area (Å²) >= 11 is 0. The second kappa shape index (κ2) is 4.36. The van der Waals surface area contributed by atoms with Crippen LogP contribution in [0.2, 0.25) is 0 Å². The Labute approximate surface area is 95.3 Å². The minimum Gasteiger partial charge on any atom is -0.371 e. The van der Waals surface area contributed by atoms with Crippen molar-refractivity contribution >= 4 is 11.5 Å². The molecule has 82 valence electrons. The van der Waals surface area contributed by atoms with E-state index in [0.29, 0.717) is 5.56 Å². The summed E-state index contributed by atoms with van der Waals surface area (Å²) in [4.78, 5) is 13.7. The Morgan fingerprint density at radius 3 is 2.62 bits per heavy atom. The minimum absolute atomic E-state index is 0.0615. The molecule has 0 saturated carbocycles. The van der Waals surface area contributed by atoms with Crippen LogP contribution in [0.4, 0.5) is 5.69 Å². The van der Waals surface area contributed by atoms with Crippen molar-refractivity contribution in [2.24, 2.45) is 0 Å². The molecular weight excluding hydrogens is 200 g/mol. The van der Waals surface area contributed by atoms with Crippen LogP contribution < -0.4 is 4.90 Å². The number of Topliss-reactive ketones (excluding diaryl/α,β-unsaturated/α-hetero) is 1. The lowest BCUT2D eigenvalue weighted by molar-refractivity contribution is 0.101. The lowest BCUT2D eigenvalue weighted by atomic mass is 10.1. The minimum atomic E-state index is 0.0615. The lowest BCUT2D eigenvalue weighted by Gasteiger charge is -2.20. The van der Waals surface area contributed by atoms with Crippen LogP contribution in [0.15, 0.2) is 18.2 Å². The molecule has 0 aromatic heterocycles. The zero-order valence-electron chi connectivity index (χ0n) is 9.36. The summed E-state index contributed by atoms with van der Waals surface area (Å²) in [5.41, 5.74) is 2.26. The number of benzene rings is 1. The quantitative estimate of drug-likeness (QED) is 0.710. The highest BCUT2D eigenvalue weighted by molar-refractivity contribution is 6.00. The molecule has 2 rings (SSSR count). The van der Waals surface area contributed by atoms with Gasteiger partial charge >= 0.3 is 0 Å². The van der Waals surface area contributed by atoms with E-state index in [-0.39, 0.29) is 5.78 Å². The van der Waals surface area contributed by atoms with Gasteiger partial charge in [-0.15, -0.1) is 0 Å². The van der Waals surface area contributed by atoms with Crippen molar-refractivity contribution in [1.82, 2.24) is 0 Å². The third-order valence-electron chi connectivity index (χ3n) is 2.95. The van der Waals surface area contributed by atoms with Crippen molar-refractivity contribution in [3.8, 4) is 6.07 Å². The lowest BCUT2D eigenvalue weighted by Crippen LogP contribution is -2.20. The summed E-state index contributed by atoms with van der Waals surface area (Å²) in [7, 11) is 0. The van der Waals surface area contributed by atoms with Gasteiger partial charge in [-0.05, 0) is 38.0 Å². The molecule has 1 fully saturated rings. The third-order valence-corrected chi connectivity index (χ3v) is 2.95. The molecule has 0 unspecified atom stereocenters. The van der Waals surface area contributed by atoms with Gasteiger partial charge in [0.05, 0.1) is 11.6 Å². The number of hydrogen-bond donors (Lipinski definition) is 0. The number of nitrogens with zero attached hydrogens (tertiary/aromatic N) is 2. The van der Waals surface area contributed by atoms with Gasteiger partial charge in [-0.25, -0.2) is 0 Å². The molecule has 0 N–H and O–H groups in total. The first-order valence-corrected chi connectivity index (χ1v) is 5.52. The Kier molecular flexibility index (Phi) is 2.91. The van der Waals surface area contributed by atoms with Gasteiger partial charge in [-0.1, -0.05) is 0 Å². The molecular formula is C13H14N2O. The molecule has 0 aliphatic carbocycles. The third kappa shape index (κ3) is 1.92. The first kappa shape index (κ1) is 10.7. The topological polar surface area (TPSA) is 44.1 Å². The molecule has 0 amide bonds. The average Bonchev–Trinajstić information content (AvgIpc) is 2.81. The predicted octanol–water partition coefficient (Wildman–Crippen LogP) is 2.36. The molecule has 1 aliphatic rings. The van der Waals surface area contributed by atoms with Crippen molar-refractivity contribution in [3.05, 3.63) is 29.3 Å². The molecule has 1 aromatic rings. The molecule has 0 spiro atoms. The smallest absolute Gasteiger partial charge is 0.161 e. The number of carbonyl (C=O) groups excluding carboxylic acids is 1. The number of rotatable bonds is 2. The molecule has 1 aromatic carbocycles. The Morgan fingerprint density at radius 1 is 1.38 bits per heavy atom. The van der Waals surface area contributed by atoms with E-state index in [0.717, 1.165) is 37.2 Å². The zero-order chi connectivity index (χ0) is 11.5. The summed E-state index contributed by atoms with van der Waals surface area (Å²) in [6.45, 7) is 3.53. The molecule has 0 radical (unpaired) electrons. The molecule has 0 atom stereocenters. The van der Waals surface area contributed by atoms with E-state index in [2.05, 4.69) is 11.0 Å². The van der Waals surface area contributed by atoms with Crippen LogP contribution in [0.3, 0.4) is 0 Å². The van der Waals surface area contributed by atoms with Gasteiger partial charge in [0.1, 0.15) is 0 Å². The van der Waals surface area contributed by atoms with Gasteiger partial charge in [0.2, 0.25) is 0 Å². The maximum Gasteiger partial charge on any atom is 0.161 e. The van der Waals surface area contributed by atoms with Gasteiger partial charge < -0.3 is 4.90 Å². The molecule has 0 bridgehead atoms. The number of anilines is 1. The van der Waals surface area contributed by atoms with Crippen LogP contribution in [0.5, 0.6) is 0 Å². The maximum atomic E-state index is 11.5. The van der Waals surface area contributed by atoms with E-state index in [1.54, 1.807) is 19.1 Å². The van der Waals surface area contributed by atoms with Gasteiger partial charge in [0.15, 0.2) is 5.78 Å². The SMILES string of the molecule is CC(=O)c1ccc(C#N)cc1N1CCCC1. The summed E-state index contributed by atoms with van der Waals surface area (Å²) in [5, 5.41) is 8.88. The Hall–Kier alpha value is -1.82. The molecule has 3 heteroatoms. The van der Waals surface area contributed by atoms with Crippen molar-refractivity contribution in [3.63, 3.8) is 0 Å². The maximum absolute atomic E-state index is 11.5. The van der Waals surface area contributed by atoms with E-state index in [1.807, 2.05) is 6.07 Å². The fourth-order valence-corrected chi connectivity index (χ4v) is 2.12. The largest absolute Gasteiger partial charge is 0.371 e. The monoisotopic (exact) mass is 214 g/mol. The first-order valence-electron chi connectivity index (χ1n) is 5.52. The highest BCUT2D eigenvalue weighted by atomic mass is 16.1. The van der Waals surface area contributed by atoms with Crippen LogP contribution >= 0.6 is 0 Å². The number of ketones is 1.